The minimum absolute atomic E-state index is 0.0183. The Balaban J connectivity index is 1.80. The SMILES string of the molecule is CCNC1CCC(NC(=O)Nc2ccc(F)cc2F)CC1. The van der Waals surface area contributed by atoms with Crippen molar-refractivity contribution in [3.8, 4) is 0 Å². The number of hydrogen-bond acceptors (Lipinski definition) is 2. The second-order valence-electron chi connectivity index (χ2n) is 5.33. The largest absolute Gasteiger partial charge is 0.335 e. The minimum atomic E-state index is -0.777. The number of carbonyl (C=O) groups is 1. The molecule has 0 aromatic heterocycles. The van der Waals surface area contributed by atoms with E-state index in [0.717, 1.165) is 44.4 Å². The van der Waals surface area contributed by atoms with Crippen molar-refractivity contribution in [2.24, 2.45) is 0 Å². The average Bonchev–Trinajstić information content (AvgIpc) is 2.44. The van der Waals surface area contributed by atoms with Crippen LogP contribution in [0.4, 0.5) is 19.3 Å². The predicted octanol–water partition coefficient (Wildman–Crippen LogP) is 3.01. The van der Waals surface area contributed by atoms with E-state index in [1.807, 2.05) is 0 Å². The summed E-state index contributed by atoms with van der Waals surface area (Å²) < 4.78 is 26.2. The van der Waals surface area contributed by atoms with Crippen LogP contribution in [0.5, 0.6) is 0 Å². The van der Waals surface area contributed by atoms with Gasteiger partial charge in [-0.05, 0) is 44.4 Å². The Bertz CT molecular complexity index is 488. The fourth-order valence-electron chi connectivity index (χ4n) is 2.67. The van der Waals surface area contributed by atoms with Crippen molar-refractivity contribution < 1.29 is 13.6 Å². The van der Waals surface area contributed by atoms with Crippen molar-refractivity contribution in [1.82, 2.24) is 10.6 Å². The lowest BCUT2D eigenvalue weighted by atomic mass is 9.91. The van der Waals surface area contributed by atoms with Crippen molar-refractivity contribution in [1.29, 1.82) is 0 Å². The van der Waals surface area contributed by atoms with Gasteiger partial charge in [-0.1, -0.05) is 6.92 Å². The van der Waals surface area contributed by atoms with E-state index >= 15 is 0 Å². The number of benzene rings is 1. The fraction of sp³-hybridized carbons (Fsp3) is 0.533. The molecule has 1 fully saturated rings. The number of halogens is 2. The Hall–Kier alpha value is -1.69. The summed E-state index contributed by atoms with van der Waals surface area (Å²) in [4.78, 5) is 11.8. The maximum atomic E-state index is 13.4. The van der Waals surface area contributed by atoms with Crippen molar-refractivity contribution in [3.05, 3.63) is 29.8 Å². The van der Waals surface area contributed by atoms with E-state index in [-0.39, 0.29) is 11.7 Å². The molecule has 1 aromatic carbocycles. The fourth-order valence-corrected chi connectivity index (χ4v) is 2.67. The van der Waals surface area contributed by atoms with Gasteiger partial charge < -0.3 is 16.0 Å². The zero-order valence-electron chi connectivity index (χ0n) is 12.1. The van der Waals surface area contributed by atoms with E-state index in [4.69, 9.17) is 0 Å². The second kappa shape index (κ2) is 7.36. The summed E-state index contributed by atoms with van der Waals surface area (Å²) >= 11 is 0. The van der Waals surface area contributed by atoms with Gasteiger partial charge in [0.25, 0.3) is 0 Å². The van der Waals surface area contributed by atoms with Crippen LogP contribution in [-0.2, 0) is 0 Å². The van der Waals surface area contributed by atoms with Gasteiger partial charge in [-0.25, -0.2) is 13.6 Å². The molecule has 1 aliphatic carbocycles. The molecular weight excluding hydrogens is 276 g/mol. The van der Waals surface area contributed by atoms with Crippen LogP contribution >= 0.6 is 0 Å². The van der Waals surface area contributed by atoms with Crippen LogP contribution in [0.25, 0.3) is 0 Å². The molecule has 0 spiro atoms. The monoisotopic (exact) mass is 297 g/mol. The van der Waals surface area contributed by atoms with Crippen LogP contribution in [0, 0.1) is 11.6 Å². The van der Waals surface area contributed by atoms with Crippen LogP contribution in [0.2, 0.25) is 0 Å². The highest BCUT2D eigenvalue weighted by molar-refractivity contribution is 5.89. The standard InChI is InChI=1S/C15H21F2N3O/c1-2-18-11-4-6-12(7-5-11)19-15(21)20-14-8-3-10(16)9-13(14)17/h3,8-9,11-12,18H,2,4-7H2,1H3,(H2,19,20,21). The summed E-state index contributed by atoms with van der Waals surface area (Å²) in [5.74, 6) is -1.44. The van der Waals surface area contributed by atoms with Gasteiger partial charge in [0.2, 0.25) is 0 Å². The maximum Gasteiger partial charge on any atom is 0.319 e. The third-order valence-corrected chi connectivity index (χ3v) is 3.73. The molecule has 116 valence electrons. The summed E-state index contributed by atoms with van der Waals surface area (Å²) in [6.07, 6.45) is 3.83. The molecule has 0 aliphatic heterocycles. The molecule has 0 unspecified atom stereocenters. The number of anilines is 1. The average molecular weight is 297 g/mol. The van der Waals surface area contributed by atoms with Gasteiger partial charge in [0.1, 0.15) is 11.6 Å². The van der Waals surface area contributed by atoms with Crippen LogP contribution in [0.1, 0.15) is 32.6 Å². The first kappa shape index (κ1) is 15.7. The van der Waals surface area contributed by atoms with Gasteiger partial charge in [-0.3, -0.25) is 0 Å². The highest BCUT2D eigenvalue weighted by Gasteiger charge is 2.21. The zero-order chi connectivity index (χ0) is 15.2. The van der Waals surface area contributed by atoms with Crippen molar-refractivity contribution in [2.75, 3.05) is 11.9 Å². The first-order valence-corrected chi connectivity index (χ1v) is 7.34. The number of nitrogens with one attached hydrogen (secondary N) is 3. The quantitative estimate of drug-likeness (QED) is 0.800. The number of amides is 2. The van der Waals surface area contributed by atoms with Gasteiger partial charge in [0.15, 0.2) is 0 Å². The summed E-state index contributed by atoms with van der Waals surface area (Å²) in [5, 5.41) is 8.64. The van der Waals surface area contributed by atoms with E-state index < -0.39 is 17.7 Å². The molecule has 2 amide bonds. The van der Waals surface area contributed by atoms with Gasteiger partial charge in [-0.2, -0.15) is 0 Å². The Morgan fingerprint density at radius 1 is 1.19 bits per heavy atom. The van der Waals surface area contributed by atoms with Gasteiger partial charge in [-0.15, -0.1) is 0 Å². The number of rotatable bonds is 4. The van der Waals surface area contributed by atoms with E-state index in [2.05, 4.69) is 22.9 Å². The topological polar surface area (TPSA) is 53.2 Å². The van der Waals surface area contributed by atoms with E-state index in [0.29, 0.717) is 6.04 Å². The van der Waals surface area contributed by atoms with Crippen LogP contribution in [0.15, 0.2) is 18.2 Å². The molecule has 21 heavy (non-hydrogen) atoms. The Morgan fingerprint density at radius 3 is 2.48 bits per heavy atom. The smallest absolute Gasteiger partial charge is 0.319 e. The molecule has 0 bridgehead atoms. The summed E-state index contributed by atoms with van der Waals surface area (Å²) in [5.41, 5.74) is -0.0183. The molecule has 1 aliphatic rings. The van der Waals surface area contributed by atoms with Crippen LogP contribution in [0.3, 0.4) is 0 Å². The highest BCUT2D eigenvalue weighted by atomic mass is 19.1. The third kappa shape index (κ3) is 4.67. The molecule has 4 nitrogen and oxygen atoms in total. The number of urea groups is 1. The van der Waals surface area contributed by atoms with E-state index in [1.54, 1.807) is 0 Å². The van der Waals surface area contributed by atoms with Gasteiger partial charge in [0.05, 0.1) is 5.69 Å². The van der Waals surface area contributed by atoms with Crippen molar-refractivity contribution in [2.45, 2.75) is 44.7 Å². The zero-order valence-corrected chi connectivity index (χ0v) is 12.1. The van der Waals surface area contributed by atoms with E-state index in [1.165, 1.54) is 6.07 Å². The first-order valence-electron chi connectivity index (χ1n) is 7.34. The molecular formula is C15H21F2N3O. The van der Waals surface area contributed by atoms with Gasteiger partial charge in [0, 0.05) is 18.2 Å². The molecule has 2 rings (SSSR count). The lowest BCUT2D eigenvalue weighted by molar-refractivity contribution is 0.240. The molecule has 1 saturated carbocycles. The van der Waals surface area contributed by atoms with E-state index in [9.17, 15) is 13.6 Å². The molecule has 0 heterocycles. The molecule has 0 atom stereocenters. The van der Waals surface area contributed by atoms with Gasteiger partial charge >= 0.3 is 6.03 Å². The lowest BCUT2D eigenvalue weighted by Gasteiger charge is -2.29. The summed E-state index contributed by atoms with van der Waals surface area (Å²) in [6, 6.07) is 3.24. The normalized spacial score (nSPS) is 21.9. The highest BCUT2D eigenvalue weighted by Crippen LogP contribution is 2.19. The Kier molecular flexibility index (Phi) is 5.50. The van der Waals surface area contributed by atoms with Crippen LogP contribution < -0.4 is 16.0 Å². The molecule has 1 aromatic rings. The lowest BCUT2D eigenvalue weighted by Crippen LogP contribution is -2.43. The minimum Gasteiger partial charge on any atom is -0.335 e. The molecule has 0 radical (unpaired) electrons. The third-order valence-electron chi connectivity index (χ3n) is 3.73. The number of hydrogen-bond donors (Lipinski definition) is 3. The predicted molar refractivity (Wildman–Crippen MR) is 78.2 cm³/mol. The van der Waals surface area contributed by atoms with Crippen LogP contribution in [-0.4, -0.2) is 24.7 Å². The number of carbonyl (C=O) groups excluding carboxylic acids is 1. The first-order chi connectivity index (χ1) is 10.1. The second-order valence-corrected chi connectivity index (χ2v) is 5.33. The molecule has 3 N–H and O–H groups in total. The maximum absolute atomic E-state index is 13.4. The molecule has 0 saturated heterocycles. The summed E-state index contributed by atoms with van der Waals surface area (Å²) in [6.45, 7) is 3.03. The Labute approximate surface area is 123 Å². The molecule has 6 heteroatoms. The Morgan fingerprint density at radius 2 is 1.86 bits per heavy atom. The van der Waals surface area contributed by atoms with Crippen molar-refractivity contribution in [3.63, 3.8) is 0 Å². The summed E-state index contributed by atoms with van der Waals surface area (Å²) in [7, 11) is 0. The van der Waals surface area contributed by atoms with Crippen molar-refractivity contribution >= 4 is 11.7 Å².